The molecule has 1 aliphatic heterocycles. The second-order valence-electron chi connectivity index (χ2n) is 7.48. The van der Waals surface area contributed by atoms with Gasteiger partial charge in [0, 0.05) is 13.1 Å². The van der Waals surface area contributed by atoms with Gasteiger partial charge in [0.15, 0.2) is 0 Å². The minimum atomic E-state index is 0.0525. The van der Waals surface area contributed by atoms with Crippen LogP contribution in [0, 0.1) is 5.41 Å². The zero-order valence-corrected chi connectivity index (χ0v) is 15.6. The first-order valence-electron chi connectivity index (χ1n) is 8.74. The fourth-order valence-electron chi connectivity index (χ4n) is 2.78. The number of nitrogen functional groups attached to an aromatic ring is 1. The third-order valence-corrected chi connectivity index (χ3v) is 4.85. The molecule has 0 bridgehead atoms. The summed E-state index contributed by atoms with van der Waals surface area (Å²) < 4.78 is 7.25. The monoisotopic (exact) mass is 336 g/mol. The maximum absolute atomic E-state index is 6.30. The summed E-state index contributed by atoms with van der Waals surface area (Å²) >= 11 is 0. The van der Waals surface area contributed by atoms with E-state index in [9.17, 15) is 0 Å². The van der Waals surface area contributed by atoms with Crippen LogP contribution in [0.25, 0.3) is 0 Å². The Bertz CT molecular complexity index is 568. The summed E-state index contributed by atoms with van der Waals surface area (Å²) in [5, 5.41) is 4.45. The largest absolute Gasteiger partial charge is 0.383 e. The van der Waals surface area contributed by atoms with Crippen molar-refractivity contribution in [1.29, 1.82) is 0 Å². The molecular weight excluding hydrogens is 304 g/mol. The van der Waals surface area contributed by atoms with Gasteiger partial charge in [-0.25, -0.2) is 9.67 Å². The van der Waals surface area contributed by atoms with E-state index in [1.807, 2.05) is 4.68 Å². The summed E-state index contributed by atoms with van der Waals surface area (Å²) in [6.45, 7) is 14.0. The van der Waals surface area contributed by atoms with E-state index in [0.29, 0.717) is 11.7 Å². The van der Waals surface area contributed by atoms with Crippen molar-refractivity contribution in [3.63, 3.8) is 0 Å². The molecule has 0 aliphatic carbocycles. The number of morpholine rings is 1. The lowest BCUT2D eigenvalue weighted by molar-refractivity contribution is 0.0176. The fraction of sp³-hybridized carbons (Fsp3) is 0.765. The van der Waals surface area contributed by atoms with Gasteiger partial charge in [0.1, 0.15) is 17.8 Å². The Hall–Kier alpha value is -1.60. The zero-order chi connectivity index (χ0) is 17.9. The summed E-state index contributed by atoms with van der Waals surface area (Å²) in [5.41, 5.74) is 13.3. The highest BCUT2D eigenvalue weighted by atomic mass is 16.5. The summed E-state index contributed by atoms with van der Waals surface area (Å²) in [5.74, 6) is 1.04. The molecule has 1 aliphatic rings. The van der Waals surface area contributed by atoms with Crippen LogP contribution < -0.4 is 11.5 Å². The Balaban J connectivity index is 2.22. The van der Waals surface area contributed by atoms with Crippen LogP contribution in [-0.4, -0.2) is 53.0 Å². The molecule has 2 rings (SSSR count). The smallest absolute Gasteiger partial charge is 0.133 e. The number of hydrogen-bond acceptors (Lipinski definition) is 5. The van der Waals surface area contributed by atoms with Gasteiger partial charge in [0.25, 0.3) is 0 Å². The van der Waals surface area contributed by atoms with Gasteiger partial charge in [-0.15, -0.1) is 0 Å². The predicted molar refractivity (Wildman–Crippen MR) is 98.0 cm³/mol. The van der Waals surface area contributed by atoms with Gasteiger partial charge in [0.2, 0.25) is 0 Å². The van der Waals surface area contributed by atoms with Crippen molar-refractivity contribution in [1.82, 2.24) is 14.7 Å². The van der Waals surface area contributed by atoms with E-state index < -0.39 is 0 Å². The number of hydrogen-bond donors (Lipinski definition) is 2. The highest BCUT2D eigenvalue weighted by molar-refractivity contribution is 6.01. The quantitative estimate of drug-likeness (QED) is 0.632. The topological polar surface area (TPSA) is 94.7 Å². The van der Waals surface area contributed by atoms with Gasteiger partial charge < -0.3 is 16.2 Å². The molecule has 7 nitrogen and oxygen atoms in total. The average molecular weight is 336 g/mol. The van der Waals surface area contributed by atoms with E-state index in [1.165, 1.54) is 0 Å². The SMILES string of the molecule is CCC(/N=C(/N)c1cnn([C@@H](C)C(C)(C)C)c1N)N1CCOCC1. The first-order chi connectivity index (χ1) is 11.3. The molecule has 4 N–H and O–H groups in total. The number of aliphatic imine (C=N–C) groups is 1. The number of amidine groups is 1. The molecule has 2 heterocycles. The second kappa shape index (κ2) is 7.53. The van der Waals surface area contributed by atoms with Gasteiger partial charge >= 0.3 is 0 Å². The average Bonchev–Trinajstić information content (AvgIpc) is 2.93. The number of nitrogens with zero attached hydrogens (tertiary/aromatic N) is 4. The molecule has 1 fully saturated rings. The van der Waals surface area contributed by atoms with Crippen molar-refractivity contribution in [2.24, 2.45) is 16.1 Å². The maximum Gasteiger partial charge on any atom is 0.133 e. The molecule has 0 amide bonds. The Morgan fingerprint density at radius 2 is 2.00 bits per heavy atom. The molecule has 24 heavy (non-hydrogen) atoms. The number of ether oxygens (including phenoxy) is 1. The lowest BCUT2D eigenvalue weighted by Gasteiger charge is -2.31. The maximum atomic E-state index is 6.30. The Kier molecular flexibility index (Phi) is 5.87. The van der Waals surface area contributed by atoms with Crippen LogP contribution >= 0.6 is 0 Å². The molecule has 1 saturated heterocycles. The van der Waals surface area contributed by atoms with Crippen LogP contribution in [-0.2, 0) is 4.74 Å². The highest BCUT2D eigenvalue weighted by Crippen LogP contribution is 2.32. The van der Waals surface area contributed by atoms with Crippen molar-refractivity contribution in [3.05, 3.63) is 11.8 Å². The first kappa shape index (κ1) is 18.7. The van der Waals surface area contributed by atoms with Crippen LogP contribution in [0.2, 0.25) is 0 Å². The number of aromatic nitrogens is 2. The van der Waals surface area contributed by atoms with Crippen LogP contribution in [0.15, 0.2) is 11.2 Å². The summed E-state index contributed by atoms with van der Waals surface area (Å²) in [6.07, 6.45) is 2.67. The minimum absolute atomic E-state index is 0.0525. The van der Waals surface area contributed by atoms with Crippen LogP contribution in [0.4, 0.5) is 5.82 Å². The zero-order valence-electron chi connectivity index (χ0n) is 15.6. The van der Waals surface area contributed by atoms with E-state index in [0.717, 1.165) is 38.3 Å². The van der Waals surface area contributed by atoms with Gasteiger partial charge in [-0.05, 0) is 18.8 Å². The standard InChI is InChI=1S/C17H32N6O/c1-6-14(22-7-9-24-10-8-22)21-15(18)13-11-20-23(16(13)19)12(2)17(3,4)5/h11-12,14H,6-10,19H2,1-5H3,(H2,18,21)/t12-,14?/m0/s1. The Morgan fingerprint density at radius 1 is 1.38 bits per heavy atom. The number of anilines is 1. The van der Waals surface area contributed by atoms with Gasteiger partial charge in [-0.1, -0.05) is 27.7 Å². The van der Waals surface area contributed by atoms with Crippen LogP contribution in [0.3, 0.4) is 0 Å². The summed E-state index contributed by atoms with van der Waals surface area (Å²) in [6, 6.07) is 0.167. The van der Waals surface area contributed by atoms with Crippen molar-refractivity contribution < 1.29 is 4.74 Å². The van der Waals surface area contributed by atoms with Gasteiger partial charge in [0.05, 0.1) is 31.0 Å². The van der Waals surface area contributed by atoms with E-state index in [-0.39, 0.29) is 17.6 Å². The Morgan fingerprint density at radius 3 is 2.54 bits per heavy atom. The van der Waals surface area contributed by atoms with Crippen molar-refractivity contribution in [2.75, 3.05) is 32.0 Å². The Labute approximate surface area is 145 Å². The third-order valence-electron chi connectivity index (χ3n) is 4.85. The molecule has 1 aromatic rings. The predicted octanol–water partition coefficient (Wildman–Crippen LogP) is 1.85. The van der Waals surface area contributed by atoms with E-state index >= 15 is 0 Å². The number of nitrogens with two attached hydrogens (primary N) is 2. The highest BCUT2D eigenvalue weighted by Gasteiger charge is 2.26. The lowest BCUT2D eigenvalue weighted by atomic mass is 9.88. The minimum Gasteiger partial charge on any atom is -0.383 e. The van der Waals surface area contributed by atoms with Gasteiger partial charge in [-0.3, -0.25) is 4.90 Å². The van der Waals surface area contributed by atoms with Crippen LogP contribution in [0.1, 0.15) is 52.6 Å². The second-order valence-corrected chi connectivity index (χ2v) is 7.48. The summed E-state index contributed by atoms with van der Waals surface area (Å²) in [4.78, 5) is 7.02. The summed E-state index contributed by atoms with van der Waals surface area (Å²) in [7, 11) is 0. The molecule has 136 valence electrons. The molecule has 0 spiro atoms. The van der Waals surface area contributed by atoms with Crippen molar-refractivity contribution in [3.8, 4) is 0 Å². The first-order valence-corrected chi connectivity index (χ1v) is 8.74. The van der Waals surface area contributed by atoms with E-state index in [2.05, 4.69) is 44.6 Å². The third kappa shape index (κ3) is 4.08. The molecule has 0 aromatic carbocycles. The molecule has 1 unspecified atom stereocenters. The van der Waals surface area contributed by atoms with Crippen molar-refractivity contribution in [2.45, 2.75) is 53.2 Å². The lowest BCUT2D eigenvalue weighted by Crippen LogP contribution is -2.43. The molecule has 2 atom stereocenters. The van der Waals surface area contributed by atoms with E-state index in [1.54, 1.807) is 6.20 Å². The molecule has 0 saturated carbocycles. The molecular formula is C17H32N6O. The fourth-order valence-corrected chi connectivity index (χ4v) is 2.78. The van der Waals surface area contributed by atoms with Gasteiger partial charge in [-0.2, -0.15) is 5.10 Å². The normalized spacial score (nSPS) is 20.1. The molecule has 1 aromatic heterocycles. The molecule has 0 radical (unpaired) electrons. The number of rotatable bonds is 5. The molecule has 7 heteroatoms. The van der Waals surface area contributed by atoms with Crippen molar-refractivity contribution >= 4 is 11.7 Å². The van der Waals surface area contributed by atoms with Crippen LogP contribution in [0.5, 0.6) is 0 Å². The van der Waals surface area contributed by atoms with E-state index in [4.69, 9.17) is 21.2 Å².